The first-order valence-electron chi connectivity index (χ1n) is 8.55. The van der Waals surface area contributed by atoms with Crippen molar-refractivity contribution in [3.8, 4) is 5.75 Å². The number of hydrogen-bond acceptors (Lipinski definition) is 4. The standard InChI is InChI=1S/C20H24ClN3O3/c1-14(15-7-9-16(21)10-8-15)22-12-20(26)24(2)13-19(25)23-17-5-4-6-18(11-17)27-3/h4-11,14,22H,12-13H2,1-3H3,(H,23,25)/t14-/m1/s1. The van der Waals surface area contributed by atoms with Gasteiger partial charge in [-0.05, 0) is 36.8 Å². The first kappa shape index (κ1) is 20.7. The molecular formula is C20H24ClN3O3. The molecule has 2 N–H and O–H groups in total. The number of nitrogens with one attached hydrogen (secondary N) is 2. The summed E-state index contributed by atoms with van der Waals surface area (Å²) in [6.45, 7) is 2.06. The van der Waals surface area contributed by atoms with Crippen molar-refractivity contribution in [2.45, 2.75) is 13.0 Å². The molecular weight excluding hydrogens is 366 g/mol. The Bertz CT molecular complexity index is 780. The normalized spacial score (nSPS) is 11.6. The number of benzene rings is 2. The molecule has 0 saturated carbocycles. The lowest BCUT2D eigenvalue weighted by Crippen LogP contribution is -2.40. The average Bonchev–Trinajstić information content (AvgIpc) is 2.66. The van der Waals surface area contributed by atoms with Crippen LogP contribution in [0.4, 0.5) is 5.69 Å². The van der Waals surface area contributed by atoms with Crippen molar-refractivity contribution in [3.05, 3.63) is 59.1 Å². The SMILES string of the molecule is COc1cccc(NC(=O)CN(C)C(=O)CN[C@H](C)c2ccc(Cl)cc2)c1. The summed E-state index contributed by atoms with van der Waals surface area (Å²) < 4.78 is 5.12. The Kier molecular flexibility index (Phi) is 7.64. The van der Waals surface area contributed by atoms with Crippen LogP contribution in [0.1, 0.15) is 18.5 Å². The molecule has 0 heterocycles. The number of likely N-dealkylation sites (N-methyl/N-ethyl adjacent to an activating group) is 1. The van der Waals surface area contributed by atoms with Gasteiger partial charge >= 0.3 is 0 Å². The van der Waals surface area contributed by atoms with Crippen molar-refractivity contribution >= 4 is 29.1 Å². The largest absolute Gasteiger partial charge is 0.497 e. The van der Waals surface area contributed by atoms with E-state index in [0.29, 0.717) is 16.5 Å². The molecule has 0 aliphatic carbocycles. The number of nitrogens with zero attached hydrogens (tertiary/aromatic N) is 1. The Labute approximate surface area is 164 Å². The molecule has 2 aromatic rings. The van der Waals surface area contributed by atoms with Gasteiger partial charge in [0.15, 0.2) is 0 Å². The number of ether oxygens (including phenoxy) is 1. The van der Waals surface area contributed by atoms with Crippen molar-refractivity contribution in [2.75, 3.05) is 32.6 Å². The number of rotatable bonds is 8. The molecule has 0 unspecified atom stereocenters. The minimum absolute atomic E-state index is 0.00905. The second-order valence-corrected chi connectivity index (χ2v) is 6.62. The highest BCUT2D eigenvalue weighted by atomic mass is 35.5. The minimum Gasteiger partial charge on any atom is -0.497 e. The zero-order valence-electron chi connectivity index (χ0n) is 15.7. The summed E-state index contributed by atoms with van der Waals surface area (Å²) in [7, 11) is 3.16. The first-order chi connectivity index (χ1) is 12.9. The molecule has 0 fully saturated rings. The number of anilines is 1. The molecule has 2 aromatic carbocycles. The molecule has 2 amide bonds. The fraction of sp³-hybridized carbons (Fsp3) is 0.300. The smallest absolute Gasteiger partial charge is 0.243 e. The first-order valence-corrected chi connectivity index (χ1v) is 8.93. The van der Waals surface area contributed by atoms with Crippen LogP contribution in [-0.2, 0) is 9.59 Å². The van der Waals surface area contributed by atoms with E-state index in [4.69, 9.17) is 16.3 Å². The molecule has 6 nitrogen and oxygen atoms in total. The van der Waals surface area contributed by atoms with E-state index < -0.39 is 0 Å². The molecule has 0 spiro atoms. The summed E-state index contributed by atoms with van der Waals surface area (Å²) in [4.78, 5) is 25.8. The van der Waals surface area contributed by atoms with E-state index in [1.165, 1.54) is 4.90 Å². The minimum atomic E-state index is -0.273. The van der Waals surface area contributed by atoms with Gasteiger partial charge in [0.1, 0.15) is 5.75 Å². The van der Waals surface area contributed by atoms with Crippen molar-refractivity contribution in [2.24, 2.45) is 0 Å². The molecule has 0 bridgehead atoms. The van der Waals surface area contributed by atoms with E-state index >= 15 is 0 Å². The van der Waals surface area contributed by atoms with Crippen molar-refractivity contribution in [1.29, 1.82) is 0 Å². The molecule has 0 saturated heterocycles. The van der Waals surface area contributed by atoms with Gasteiger partial charge in [0, 0.05) is 29.9 Å². The summed E-state index contributed by atoms with van der Waals surface area (Å²) in [6, 6.07) is 14.5. The maximum Gasteiger partial charge on any atom is 0.243 e. The van der Waals surface area contributed by atoms with E-state index in [9.17, 15) is 9.59 Å². The molecule has 7 heteroatoms. The van der Waals surface area contributed by atoms with Crippen molar-refractivity contribution in [1.82, 2.24) is 10.2 Å². The highest BCUT2D eigenvalue weighted by Gasteiger charge is 2.14. The predicted molar refractivity (Wildman–Crippen MR) is 107 cm³/mol. The zero-order chi connectivity index (χ0) is 19.8. The van der Waals surface area contributed by atoms with E-state index in [1.807, 2.05) is 31.2 Å². The molecule has 2 rings (SSSR count). The summed E-state index contributed by atoms with van der Waals surface area (Å²) in [5, 5.41) is 6.58. The summed E-state index contributed by atoms with van der Waals surface area (Å²) >= 11 is 5.88. The second kappa shape index (κ2) is 9.94. The third-order valence-corrected chi connectivity index (χ3v) is 4.34. The van der Waals surface area contributed by atoms with Gasteiger partial charge in [0.25, 0.3) is 0 Å². The third-order valence-electron chi connectivity index (χ3n) is 4.09. The Morgan fingerprint density at radius 3 is 2.56 bits per heavy atom. The summed E-state index contributed by atoms with van der Waals surface area (Å²) in [6.07, 6.45) is 0. The molecule has 0 radical (unpaired) electrons. The lowest BCUT2D eigenvalue weighted by molar-refractivity contribution is -0.132. The number of hydrogen-bond donors (Lipinski definition) is 2. The van der Waals surface area contributed by atoms with Crippen molar-refractivity contribution in [3.63, 3.8) is 0 Å². The number of halogens is 1. The van der Waals surface area contributed by atoms with Gasteiger partial charge in [0.2, 0.25) is 11.8 Å². The van der Waals surface area contributed by atoms with Gasteiger partial charge in [-0.3, -0.25) is 9.59 Å². The fourth-order valence-corrected chi connectivity index (χ4v) is 2.58. The average molecular weight is 390 g/mol. The zero-order valence-corrected chi connectivity index (χ0v) is 16.4. The van der Waals surface area contributed by atoms with E-state index in [0.717, 1.165) is 5.56 Å². The quantitative estimate of drug-likeness (QED) is 0.727. The van der Waals surface area contributed by atoms with Gasteiger partial charge in [-0.15, -0.1) is 0 Å². The molecule has 144 valence electrons. The van der Waals surface area contributed by atoms with E-state index in [-0.39, 0.29) is 30.9 Å². The molecule has 1 atom stereocenters. The Balaban J connectivity index is 1.80. The van der Waals surface area contributed by atoms with E-state index in [2.05, 4.69) is 10.6 Å². The van der Waals surface area contributed by atoms with Crippen LogP contribution in [0.2, 0.25) is 5.02 Å². The van der Waals surface area contributed by atoms with Crippen LogP contribution in [0.25, 0.3) is 0 Å². The third kappa shape index (κ3) is 6.58. The monoisotopic (exact) mass is 389 g/mol. The molecule has 0 aliphatic rings. The lowest BCUT2D eigenvalue weighted by atomic mass is 10.1. The molecule has 27 heavy (non-hydrogen) atoms. The summed E-state index contributed by atoms with van der Waals surface area (Å²) in [5.41, 5.74) is 1.65. The highest BCUT2D eigenvalue weighted by molar-refractivity contribution is 6.30. The highest BCUT2D eigenvalue weighted by Crippen LogP contribution is 2.17. The maximum absolute atomic E-state index is 12.3. The predicted octanol–water partition coefficient (Wildman–Crippen LogP) is 3.10. The van der Waals surface area contributed by atoms with Gasteiger partial charge in [-0.2, -0.15) is 0 Å². The topological polar surface area (TPSA) is 70.7 Å². The Hall–Kier alpha value is -2.57. The number of carbonyl (C=O) groups excluding carboxylic acids is 2. The van der Waals surface area contributed by atoms with Crippen LogP contribution in [0.15, 0.2) is 48.5 Å². The van der Waals surface area contributed by atoms with Crippen LogP contribution in [0, 0.1) is 0 Å². The van der Waals surface area contributed by atoms with Crippen LogP contribution in [0.5, 0.6) is 5.75 Å². The Morgan fingerprint density at radius 1 is 1.19 bits per heavy atom. The number of carbonyl (C=O) groups is 2. The lowest BCUT2D eigenvalue weighted by Gasteiger charge is -2.19. The van der Waals surface area contributed by atoms with Crippen molar-refractivity contribution < 1.29 is 14.3 Å². The molecule has 0 aliphatic heterocycles. The fourth-order valence-electron chi connectivity index (χ4n) is 2.45. The van der Waals surface area contributed by atoms with Gasteiger partial charge in [0.05, 0.1) is 20.2 Å². The number of methoxy groups -OCH3 is 1. The maximum atomic E-state index is 12.3. The van der Waals surface area contributed by atoms with Gasteiger partial charge < -0.3 is 20.3 Å². The van der Waals surface area contributed by atoms with E-state index in [1.54, 1.807) is 38.4 Å². The molecule has 0 aromatic heterocycles. The number of amides is 2. The van der Waals surface area contributed by atoms with Gasteiger partial charge in [-0.1, -0.05) is 29.8 Å². The second-order valence-electron chi connectivity index (χ2n) is 6.18. The summed E-state index contributed by atoms with van der Waals surface area (Å²) in [5.74, 6) is 0.207. The van der Waals surface area contributed by atoms with Crippen LogP contribution < -0.4 is 15.4 Å². The van der Waals surface area contributed by atoms with Crippen LogP contribution in [-0.4, -0.2) is 44.0 Å². The van der Waals surface area contributed by atoms with Crippen LogP contribution >= 0.6 is 11.6 Å². The van der Waals surface area contributed by atoms with Gasteiger partial charge in [-0.25, -0.2) is 0 Å². The Morgan fingerprint density at radius 2 is 1.89 bits per heavy atom. The van der Waals surface area contributed by atoms with Crippen LogP contribution in [0.3, 0.4) is 0 Å².